The molecule has 2 aromatic rings. The zero-order chi connectivity index (χ0) is 15.0. The van der Waals surface area contributed by atoms with Crippen molar-refractivity contribution in [3.63, 3.8) is 0 Å². The predicted molar refractivity (Wildman–Crippen MR) is 89.0 cm³/mol. The molecule has 0 spiro atoms. The van der Waals surface area contributed by atoms with Crippen LogP contribution < -0.4 is 5.32 Å². The molecule has 0 saturated heterocycles. The van der Waals surface area contributed by atoms with Crippen molar-refractivity contribution < 1.29 is 4.21 Å². The molecule has 1 unspecified atom stereocenters. The van der Waals surface area contributed by atoms with Crippen LogP contribution in [0.4, 0.5) is 5.69 Å². The standard InChI is InChI=1S/C15H14ClN3OS/c1-21(2,20)13-6-5-11(8-12(13)16)19-15-14-10(9-18-15)4-3-7-17-14/h3-8H,1,9H2,2H3,(H,18,19). The van der Waals surface area contributed by atoms with Crippen molar-refractivity contribution in [3.8, 4) is 0 Å². The lowest BCUT2D eigenvalue weighted by Crippen LogP contribution is -2.13. The Balaban J connectivity index is 1.89. The number of halogens is 1. The Morgan fingerprint density at radius 2 is 2.19 bits per heavy atom. The van der Waals surface area contributed by atoms with Gasteiger partial charge in [-0.15, -0.1) is 0 Å². The largest absolute Gasteiger partial charge is 0.339 e. The van der Waals surface area contributed by atoms with Crippen LogP contribution >= 0.6 is 11.6 Å². The van der Waals surface area contributed by atoms with Crippen LogP contribution in [0.3, 0.4) is 0 Å². The van der Waals surface area contributed by atoms with E-state index in [1.807, 2.05) is 18.2 Å². The van der Waals surface area contributed by atoms with Crippen LogP contribution in [-0.2, 0) is 16.1 Å². The van der Waals surface area contributed by atoms with Gasteiger partial charge in [-0.2, -0.15) is 0 Å². The molecule has 6 heteroatoms. The molecular formula is C15H14ClN3OS. The molecule has 1 aliphatic heterocycles. The van der Waals surface area contributed by atoms with Crippen LogP contribution in [0.5, 0.6) is 0 Å². The minimum absolute atomic E-state index is 0.433. The van der Waals surface area contributed by atoms with Gasteiger partial charge in [0.25, 0.3) is 0 Å². The fourth-order valence-electron chi connectivity index (χ4n) is 2.18. The first-order valence-corrected chi connectivity index (χ1v) is 8.84. The van der Waals surface area contributed by atoms with E-state index in [0.717, 1.165) is 22.8 Å². The molecular weight excluding hydrogens is 306 g/mol. The van der Waals surface area contributed by atoms with Gasteiger partial charge in [-0.3, -0.25) is 14.2 Å². The number of hydrogen-bond acceptors (Lipinski definition) is 4. The average Bonchev–Trinajstić information content (AvgIpc) is 2.81. The van der Waals surface area contributed by atoms with Crippen LogP contribution in [0.1, 0.15) is 11.3 Å². The Morgan fingerprint density at radius 1 is 1.38 bits per heavy atom. The molecule has 0 bridgehead atoms. The molecule has 0 fully saturated rings. The number of benzene rings is 1. The molecule has 0 amide bonds. The Bertz CT molecular complexity index is 844. The number of nitrogens with zero attached hydrogens (tertiary/aromatic N) is 2. The van der Waals surface area contributed by atoms with Crippen LogP contribution in [0.2, 0.25) is 5.02 Å². The van der Waals surface area contributed by atoms with Crippen molar-refractivity contribution in [1.82, 2.24) is 4.98 Å². The molecule has 3 rings (SSSR count). The van der Waals surface area contributed by atoms with E-state index >= 15 is 0 Å². The normalized spacial score (nSPS) is 16.0. The summed E-state index contributed by atoms with van der Waals surface area (Å²) in [6.45, 7) is 0.624. The zero-order valence-electron chi connectivity index (χ0n) is 11.5. The van der Waals surface area contributed by atoms with Crippen molar-refractivity contribution in [3.05, 3.63) is 52.8 Å². The van der Waals surface area contributed by atoms with Gasteiger partial charge in [-0.05, 0) is 39.7 Å². The molecule has 1 aromatic heterocycles. The molecule has 0 aliphatic carbocycles. The van der Waals surface area contributed by atoms with Crippen molar-refractivity contribution in [2.45, 2.75) is 11.4 Å². The third-order valence-corrected chi connectivity index (χ3v) is 4.89. The van der Waals surface area contributed by atoms with Gasteiger partial charge in [0.05, 0.1) is 11.6 Å². The molecule has 0 radical (unpaired) electrons. The smallest absolute Gasteiger partial charge is 0.152 e. The SMILES string of the molecule is C=S(C)(=O)c1ccc(NC2=NCc3cccnc32)cc1Cl. The van der Waals surface area contributed by atoms with Gasteiger partial charge in [-0.25, -0.2) is 0 Å². The Hall–Kier alpha value is -1.85. The Kier molecular flexibility index (Phi) is 3.47. The van der Waals surface area contributed by atoms with Crippen LogP contribution in [0.15, 0.2) is 46.4 Å². The van der Waals surface area contributed by atoms with Crippen molar-refractivity contribution >= 4 is 38.5 Å². The summed E-state index contributed by atoms with van der Waals surface area (Å²) in [4.78, 5) is 9.32. The molecule has 1 aliphatic rings. The van der Waals surface area contributed by atoms with Crippen LogP contribution in [0, 0.1) is 0 Å². The quantitative estimate of drug-likeness (QED) is 0.866. The summed E-state index contributed by atoms with van der Waals surface area (Å²) in [5.74, 6) is 4.38. The molecule has 4 nitrogen and oxygen atoms in total. The lowest BCUT2D eigenvalue weighted by atomic mass is 10.2. The number of amidine groups is 1. The molecule has 108 valence electrons. The molecule has 1 atom stereocenters. The predicted octanol–water partition coefficient (Wildman–Crippen LogP) is 2.81. The Morgan fingerprint density at radius 3 is 2.90 bits per heavy atom. The van der Waals surface area contributed by atoms with Gasteiger partial charge < -0.3 is 5.32 Å². The fraction of sp³-hybridized carbons (Fsp3) is 0.133. The van der Waals surface area contributed by atoms with E-state index in [2.05, 4.69) is 21.2 Å². The minimum atomic E-state index is -2.33. The minimum Gasteiger partial charge on any atom is -0.339 e. The van der Waals surface area contributed by atoms with Gasteiger partial charge in [0.2, 0.25) is 0 Å². The van der Waals surface area contributed by atoms with E-state index in [0.29, 0.717) is 16.5 Å². The molecule has 0 saturated carbocycles. The molecule has 2 heterocycles. The number of pyridine rings is 1. The second-order valence-corrected chi connectivity index (χ2v) is 7.81. The first-order chi connectivity index (χ1) is 9.95. The second-order valence-electron chi connectivity index (χ2n) is 4.95. The van der Waals surface area contributed by atoms with Crippen molar-refractivity contribution in [2.75, 3.05) is 11.6 Å². The summed E-state index contributed by atoms with van der Waals surface area (Å²) in [6.07, 6.45) is 3.31. The number of anilines is 1. The lowest BCUT2D eigenvalue weighted by Gasteiger charge is -2.10. The van der Waals surface area contributed by atoms with E-state index < -0.39 is 9.52 Å². The van der Waals surface area contributed by atoms with Crippen LogP contribution in [-0.4, -0.2) is 27.2 Å². The third kappa shape index (κ3) is 2.80. The average molecular weight is 320 g/mol. The maximum Gasteiger partial charge on any atom is 0.152 e. The maximum absolute atomic E-state index is 12.0. The third-order valence-electron chi connectivity index (χ3n) is 3.18. The van der Waals surface area contributed by atoms with E-state index in [9.17, 15) is 4.21 Å². The summed E-state index contributed by atoms with van der Waals surface area (Å²) in [5, 5.41) is 3.64. The van der Waals surface area contributed by atoms with Gasteiger partial charge >= 0.3 is 0 Å². The summed E-state index contributed by atoms with van der Waals surface area (Å²) in [5.41, 5.74) is 2.73. The highest BCUT2D eigenvalue weighted by Gasteiger charge is 2.17. The van der Waals surface area contributed by atoms with E-state index in [-0.39, 0.29) is 0 Å². The molecule has 1 N–H and O–H groups in total. The highest BCUT2D eigenvalue weighted by Crippen LogP contribution is 2.26. The van der Waals surface area contributed by atoms with Gasteiger partial charge in [0.1, 0.15) is 5.69 Å². The number of rotatable bonds is 2. The maximum atomic E-state index is 12.0. The van der Waals surface area contributed by atoms with Gasteiger partial charge in [-0.1, -0.05) is 17.7 Å². The molecule has 1 aromatic carbocycles. The topological polar surface area (TPSA) is 54.4 Å². The Labute approximate surface area is 128 Å². The second kappa shape index (κ2) is 5.16. The number of aliphatic imine (C=N–C) groups is 1. The highest BCUT2D eigenvalue weighted by molar-refractivity contribution is 7.99. The summed E-state index contributed by atoms with van der Waals surface area (Å²) < 4.78 is 12.0. The van der Waals surface area contributed by atoms with Crippen LogP contribution in [0.25, 0.3) is 0 Å². The monoisotopic (exact) mass is 319 g/mol. The lowest BCUT2D eigenvalue weighted by molar-refractivity contribution is 0.685. The summed E-state index contributed by atoms with van der Waals surface area (Å²) in [7, 11) is -2.33. The number of hydrogen-bond donors (Lipinski definition) is 1. The summed E-state index contributed by atoms with van der Waals surface area (Å²) in [6, 6.07) is 9.18. The zero-order valence-corrected chi connectivity index (χ0v) is 13.0. The summed E-state index contributed by atoms with van der Waals surface area (Å²) >= 11 is 6.19. The fourth-order valence-corrected chi connectivity index (χ4v) is 3.68. The molecule has 21 heavy (non-hydrogen) atoms. The van der Waals surface area contributed by atoms with Crippen molar-refractivity contribution in [2.24, 2.45) is 4.99 Å². The number of fused-ring (bicyclic) bond motifs is 1. The van der Waals surface area contributed by atoms with E-state index in [1.165, 1.54) is 0 Å². The van der Waals surface area contributed by atoms with Gasteiger partial charge in [0, 0.05) is 28.6 Å². The van der Waals surface area contributed by atoms with E-state index in [1.54, 1.807) is 24.6 Å². The van der Waals surface area contributed by atoms with Gasteiger partial charge in [0.15, 0.2) is 5.84 Å². The number of nitrogens with one attached hydrogen (secondary N) is 1. The first kappa shape index (κ1) is 14.1. The highest BCUT2D eigenvalue weighted by atomic mass is 35.5. The van der Waals surface area contributed by atoms with E-state index in [4.69, 9.17) is 11.6 Å². The first-order valence-electron chi connectivity index (χ1n) is 6.33. The van der Waals surface area contributed by atoms with Crippen molar-refractivity contribution in [1.29, 1.82) is 0 Å². The number of aromatic nitrogens is 1.